The van der Waals surface area contributed by atoms with Gasteiger partial charge in [0, 0.05) is 23.1 Å². The van der Waals surface area contributed by atoms with Gasteiger partial charge in [-0.15, -0.1) is 21.5 Å². The summed E-state index contributed by atoms with van der Waals surface area (Å²) in [6.45, 7) is 2.88. The molecule has 0 aliphatic heterocycles. The number of hydrogen-bond donors (Lipinski definition) is 2. The van der Waals surface area contributed by atoms with Crippen molar-refractivity contribution in [2.24, 2.45) is 0 Å². The van der Waals surface area contributed by atoms with Crippen LogP contribution in [-0.4, -0.2) is 36.3 Å². The molecule has 0 saturated carbocycles. The van der Waals surface area contributed by atoms with Crippen LogP contribution in [0.4, 0.5) is 0 Å². The number of H-pyrrole nitrogens is 1. The molecule has 2 N–H and O–H groups in total. The number of carbonyl (C=O) groups is 1. The number of carboxylic acids is 1. The highest BCUT2D eigenvalue weighted by Gasteiger charge is 2.32. The van der Waals surface area contributed by atoms with E-state index >= 15 is 0 Å². The van der Waals surface area contributed by atoms with Gasteiger partial charge in [0.15, 0.2) is 0 Å². The maximum atomic E-state index is 12.7. The third kappa shape index (κ3) is 3.72. The monoisotopic (exact) mass is 457 g/mol. The predicted octanol–water partition coefficient (Wildman–Crippen LogP) is 5.56. The molecule has 2 aromatic carbocycles. The van der Waals surface area contributed by atoms with Crippen molar-refractivity contribution in [3.63, 3.8) is 0 Å². The molecule has 0 radical (unpaired) electrons. The van der Waals surface area contributed by atoms with Gasteiger partial charge in [-0.25, -0.2) is 4.79 Å². The molecule has 0 bridgehead atoms. The second-order valence-corrected chi connectivity index (χ2v) is 8.79. The van der Waals surface area contributed by atoms with Gasteiger partial charge in [-0.3, -0.25) is 0 Å². The van der Waals surface area contributed by atoms with E-state index in [1.165, 1.54) is 11.3 Å². The zero-order chi connectivity index (χ0) is 22.8. The number of aryl methyl sites for hydroxylation is 1. The summed E-state index contributed by atoms with van der Waals surface area (Å²) in [6, 6.07) is 19.9. The lowest BCUT2D eigenvalue weighted by Gasteiger charge is -2.22. The Morgan fingerprint density at radius 3 is 2.64 bits per heavy atom. The van der Waals surface area contributed by atoms with Crippen LogP contribution in [-0.2, 0) is 6.54 Å². The Labute approximate surface area is 194 Å². The number of rotatable bonds is 8. The van der Waals surface area contributed by atoms with E-state index in [0.717, 1.165) is 52.0 Å². The number of aromatic amines is 1. The van der Waals surface area contributed by atoms with Crippen molar-refractivity contribution in [3.8, 4) is 10.7 Å². The Bertz CT molecular complexity index is 1390. The van der Waals surface area contributed by atoms with Crippen molar-refractivity contribution >= 4 is 28.2 Å². The molecule has 7 nitrogen and oxygen atoms in total. The second kappa shape index (κ2) is 8.99. The number of benzene rings is 2. The maximum absolute atomic E-state index is 12.7. The SMILES string of the molecule is CCCCn1c(C(c2ccccc2)c2ccsc2-c2nn[nH]n2)c(C(=O)O)c2ccccc21. The van der Waals surface area contributed by atoms with Crippen LogP contribution in [0.5, 0.6) is 0 Å². The topological polar surface area (TPSA) is 96.7 Å². The first-order valence-electron chi connectivity index (χ1n) is 10.9. The number of tetrazole rings is 1. The molecule has 166 valence electrons. The van der Waals surface area contributed by atoms with Gasteiger partial charge < -0.3 is 9.67 Å². The first-order chi connectivity index (χ1) is 16.2. The third-order valence-electron chi connectivity index (χ3n) is 5.92. The van der Waals surface area contributed by atoms with E-state index < -0.39 is 5.97 Å². The van der Waals surface area contributed by atoms with Gasteiger partial charge >= 0.3 is 5.97 Å². The highest BCUT2D eigenvalue weighted by molar-refractivity contribution is 7.13. The van der Waals surface area contributed by atoms with E-state index in [9.17, 15) is 9.90 Å². The minimum atomic E-state index is -0.922. The van der Waals surface area contributed by atoms with Crippen molar-refractivity contribution in [3.05, 3.63) is 88.4 Å². The van der Waals surface area contributed by atoms with Gasteiger partial charge in [0.2, 0.25) is 5.82 Å². The lowest BCUT2D eigenvalue weighted by molar-refractivity contribution is 0.0697. The Morgan fingerprint density at radius 2 is 1.91 bits per heavy atom. The Hall–Kier alpha value is -3.78. The largest absolute Gasteiger partial charge is 0.478 e. The molecule has 5 rings (SSSR count). The summed E-state index contributed by atoms with van der Waals surface area (Å²) in [7, 11) is 0. The number of para-hydroxylation sites is 1. The van der Waals surface area contributed by atoms with Crippen LogP contribution in [0.1, 0.15) is 52.9 Å². The molecule has 3 aromatic heterocycles. The molecule has 0 amide bonds. The zero-order valence-electron chi connectivity index (χ0n) is 18.1. The smallest absolute Gasteiger partial charge is 0.338 e. The van der Waals surface area contributed by atoms with E-state index in [-0.39, 0.29) is 5.92 Å². The molecule has 0 aliphatic rings. The van der Waals surface area contributed by atoms with Crippen LogP contribution < -0.4 is 0 Å². The van der Waals surface area contributed by atoms with Crippen molar-refractivity contribution in [2.45, 2.75) is 32.2 Å². The number of unbranched alkanes of at least 4 members (excludes halogenated alkanes) is 1. The number of aromatic carboxylic acids is 1. The first kappa shape index (κ1) is 21.1. The van der Waals surface area contributed by atoms with E-state index in [1.807, 2.05) is 53.9 Å². The molecule has 3 heterocycles. The Balaban J connectivity index is 1.85. The fourth-order valence-electron chi connectivity index (χ4n) is 4.52. The summed E-state index contributed by atoms with van der Waals surface area (Å²) in [6.07, 6.45) is 1.96. The molecule has 1 atom stereocenters. The van der Waals surface area contributed by atoms with Crippen molar-refractivity contribution in [2.75, 3.05) is 0 Å². The Kier molecular flexibility index (Phi) is 5.75. The van der Waals surface area contributed by atoms with Crippen LogP contribution in [0.2, 0.25) is 0 Å². The zero-order valence-corrected chi connectivity index (χ0v) is 18.9. The van der Waals surface area contributed by atoms with Gasteiger partial charge in [-0.1, -0.05) is 61.9 Å². The van der Waals surface area contributed by atoms with Crippen LogP contribution in [0, 0.1) is 0 Å². The van der Waals surface area contributed by atoms with E-state index in [1.54, 1.807) is 0 Å². The lowest BCUT2D eigenvalue weighted by Crippen LogP contribution is -2.15. The van der Waals surface area contributed by atoms with Gasteiger partial charge in [0.05, 0.1) is 16.4 Å². The summed E-state index contributed by atoms with van der Waals surface area (Å²) >= 11 is 1.53. The number of thiophene rings is 1. The van der Waals surface area contributed by atoms with Crippen LogP contribution >= 0.6 is 11.3 Å². The van der Waals surface area contributed by atoms with Gasteiger partial charge in [-0.2, -0.15) is 5.21 Å². The lowest BCUT2D eigenvalue weighted by atomic mass is 9.86. The van der Waals surface area contributed by atoms with Crippen molar-refractivity contribution < 1.29 is 9.90 Å². The number of carboxylic acid groups (broad SMARTS) is 1. The minimum Gasteiger partial charge on any atom is -0.478 e. The third-order valence-corrected chi connectivity index (χ3v) is 6.85. The maximum Gasteiger partial charge on any atom is 0.338 e. The number of hydrogen-bond acceptors (Lipinski definition) is 5. The van der Waals surface area contributed by atoms with E-state index in [4.69, 9.17) is 0 Å². The average Bonchev–Trinajstić information content (AvgIpc) is 3.58. The molecular formula is C25H23N5O2S. The standard InChI is InChI=1S/C25H23N5O2S/c1-2-3-14-30-19-12-8-7-11-17(19)21(25(31)32)22(30)20(16-9-5-4-6-10-16)18-13-15-33-23(18)24-26-28-29-27-24/h4-13,15,20H,2-3,14H2,1H3,(H,31,32)(H,26,27,28,29). The summed E-state index contributed by atoms with van der Waals surface area (Å²) in [5.41, 5.74) is 4.06. The average molecular weight is 458 g/mol. The summed E-state index contributed by atoms with van der Waals surface area (Å²) in [5, 5.41) is 27.8. The summed E-state index contributed by atoms with van der Waals surface area (Å²) in [4.78, 5) is 13.6. The quantitative estimate of drug-likeness (QED) is 0.318. The molecule has 0 aliphatic carbocycles. The normalized spacial score (nSPS) is 12.3. The molecule has 0 saturated heterocycles. The highest BCUT2D eigenvalue weighted by atomic mass is 32.1. The van der Waals surface area contributed by atoms with Crippen molar-refractivity contribution in [1.29, 1.82) is 0 Å². The van der Waals surface area contributed by atoms with Crippen LogP contribution in [0.25, 0.3) is 21.6 Å². The molecule has 5 aromatic rings. The van der Waals surface area contributed by atoms with Crippen molar-refractivity contribution in [1.82, 2.24) is 25.2 Å². The summed E-state index contributed by atoms with van der Waals surface area (Å²) in [5.74, 6) is -0.718. The van der Waals surface area contributed by atoms with Crippen LogP contribution in [0.15, 0.2) is 66.0 Å². The first-order valence-corrected chi connectivity index (χ1v) is 11.8. The summed E-state index contributed by atoms with van der Waals surface area (Å²) < 4.78 is 2.19. The van der Waals surface area contributed by atoms with E-state index in [2.05, 4.69) is 44.2 Å². The predicted molar refractivity (Wildman–Crippen MR) is 129 cm³/mol. The Morgan fingerprint density at radius 1 is 1.12 bits per heavy atom. The van der Waals surface area contributed by atoms with Crippen LogP contribution in [0.3, 0.4) is 0 Å². The molecular weight excluding hydrogens is 434 g/mol. The fraction of sp³-hybridized carbons (Fsp3) is 0.200. The fourth-order valence-corrected chi connectivity index (χ4v) is 5.39. The molecule has 33 heavy (non-hydrogen) atoms. The van der Waals surface area contributed by atoms with Gasteiger partial charge in [0.25, 0.3) is 0 Å². The number of nitrogens with zero attached hydrogens (tertiary/aromatic N) is 4. The molecule has 8 heteroatoms. The minimum absolute atomic E-state index is 0.304. The number of nitrogens with one attached hydrogen (secondary N) is 1. The van der Waals surface area contributed by atoms with E-state index in [0.29, 0.717) is 11.4 Å². The van der Waals surface area contributed by atoms with Gasteiger partial charge in [0.1, 0.15) is 0 Å². The molecule has 0 fully saturated rings. The number of fused-ring (bicyclic) bond motifs is 1. The molecule has 0 spiro atoms. The number of aromatic nitrogens is 5. The molecule has 1 unspecified atom stereocenters. The highest BCUT2D eigenvalue weighted by Crippen LogP contribution is 2.43. The van der Waals surface area contributed by atoms with Gasteiger partial charge in [-0.05, 0) is 40.3 Å². The second-order valence-electron chi connectivity index (χ2n) is 7.87.